The van der Waals surface area contributed by atoms with Crippen molar-refractivity contribution in [2.45, 2.75) is 13.3 Å². The lowest BCUT2D eigenvalue weighted by Gasteiger charge is -2.18. The van der Waals surface area contributed by atoms with Crippen LogP contribution in [0.2, 0.25) is 0 Å². The van der Waals surface area contributed by atoms with Gasteiger partial charge in [0.1, 0.15) is 0 Å². The molecule has 1 aromatic rings. The van der Waals surface area contributed by atoms with E-state index in [0.717, 1.165) is 36.5 Å². The predicted octanol–water partition coefficient (Wildman–Crippen LogP) is 1.31. The summed E-state index contributed by atoms with van der Waals surface area (Å²) < 4.78 is 0. The number of rotatable bonds is 1. The summed E-state index contributed by atoms with van der Waals surface area (Å²) >= 11 is 0. The second-order valence-electron chi connectivity index (χ2n) is 4.55. The molecule has 0 aliphatic carbocycles. The van der Waals surface area contributed by atoms with Crippen LogP contribution < -0.4 is 10.3 Å². The number of anilines is 1. The average molecular weight is 229 g/mol. The Bertz CT molecular complexity index is 495. The standard InChI is InChI=1S/C13H15N3O/c1-9-4-2-3-5-12(9)16-13(17)10-6-7-14-8-11(10)15-16/h2-5,10,14H,6-8H2,1H3. The normalized spacial score (nSPS) is 23.6. The van der Waals surface area contributed by atoms with Crippen LogP contribution in [0, 0.1) is 12.8 Å². The smallest absolute Gasteiger partial charge is 0.256 e. The van der Waals surface area contributed by atoms with Gasteiger partial charge in [-0.3, -0.25) is 4.79 Å². The molecule has 2 heterocycles. The van der Waals surface area contributed by atoms with E-state index >= 15 is 0 Å². The Hall–Kier alpha value is -1.68. The van der Waals surface area contributed by atoms with Gasteiger partial charge in [-0.1, -0.05) is 18.2 Å². The number of carbonyl (C=O) groups is 1. The highest BCUT2D eigenvalue weighted by Crippen LogP contribution is 2.28. The molecule has 1 amide bonds. The SMILES string of the molecule is Cc1ccccc1N1N=C2CNCCC2C1=O. The van der Waals surface area contributed by atoms with Crippen molar-refractivity contribution < 1.29 is 4.79 Å². The van der Waals surface area contributed by atoms with E-state index in [9.17, 15) is 4.79 Å². The van der Waals surface area contributed by atoms with Crippen LogP contribution >= 0.6 is 0 Å². The minimum absolute atomic E-state index is 0.00384. The number of amides is 1. The van der Waals surface area contributed by atoms with Gasteiger partial charge in [0.25, 0.3) is 5.91 Å². The van der Waals surface area contributed by atoms with Crippen molar-refractivity contribution in [2.24, 2.45) is 11.0 Å². The van der Waals surface area contributed by atoms with E-state index < -0.39 is 0 Å². The number of carbonyl (C=O) groups excluding carboxylic acids is 1. The first-order valence-corrected chi connectivity index (χ1v) is 5.95. The molecule has 1 fully saturated rings. The van der Waals surface area contributed by atoms with Crippen molar-refractivity contribution in [3.05, 3.63) is 29.8 Å². The van der Waals surface area contributed by atoms with Crippen LogP contribution in [0.1, 0.15) is 12.0 Å². The quantitative estimate of drug-likeness (QED) is 0.789. The lowest BCUT2D eigenvalue weighted by molar-refractivity contribution is -0.120. The van der Waals surface area contributed by atoms with Crippen molar-refractivity contribution in [1.82, 2.24) is 5.32 Å². The third-order valence-electron chi connectivity index (χ3n) is 3.40. The number of fused-ring (bicyclic) bond motifs is 1. The number of hydrogen-bond donors (Lipinski definition) is 1. The summed E-state index contributed by atoms with van der Waals surface area (Å²) in [6.07, 6.45) is 0.861. The molecule has 1 N–H and O–H groups in total. The summed E-state index contributed by atoms with van der Waals surface area (Å²) in [5.41, 5.74) is 2.96. The minimum Gasteiger partial charge on any atom is -0.311 e. The van der Waals surface area contributed by atoms with Crippen molar-refractivity contribution in [3.8, 4) is 0 Å². The van der Waals surface area contributed by atoms with E-state index in [1.165, 1.54) is 0 Å². The Morgan fingerprint density at radius 3 is 3.00 bits per heavy atom. The highest BCUT2D eigenvalue weighted by atomic mass is 16.2. The lowest BCUT2D eigenvalue weighted by Crippen LogP contribution is -2.39. The van der Waals surface area contributed by atoms with Gasteiger partial charge in [0.05, 0.1) is 17.3 Å². The summed E-state index contributed by atoms with van der Waals surface area (Å²) in [6.45, 7) is 3.64. The summed E-state index contributed by atoms with van der Waals surface area (Å²) in [5, 5.41) is 9.29. The van der Waals surface area contributed by atoms with Crippen LogP contribution in [-0.2, 0) is 4.79 Å². The molecule has 1 unspecified atom stereocenters. The van der Waals surface area contributed by atoms with Gasteiger partial charge >= 0.3 is 0 Å². The highest BCUT2D eigenvalue weighted by molar-refractivity contribution is 6.16. The molecule has 4 heteroatoms. The highest BCUT2D eigenvalue weighted by Gasteiger charge is 2.37. The zero-order chi connectivity index (χ0) is 11.8. The molecule has 17 heavy (non-hydrogen) atoms. The second kappa shape index (κ2) is 3.96. The molecule has 2 aliphatic rings. The van der Waals surface area contributed by atoms with Crippen molar-refractivity contribution in [3.63, 3.8) is 0 Å². The van der Waals surface area contributed by atoms with Gasteiger partial charge < -0.3 is 5.32 Å². The summed E-state index contributed by atoms with van der Waals surface area (Å²) in [5.74, 6) is 0.117. The van der Waals surface area contributed by atoms with E-state index in [1.54, 1.807) is 5.01 Å². The molecule has 1 aromatic carbocycles. The zero-order valence-electron chi connectivity index (χ0n) is 9.81. The third kappa shape index (κ3) is 1.65. The maximum absolute atomic E-state index is 12.3. The van der Waals surface area contributed by atoms with E-state index in [-0.39, 0.29) is 11.8 Å². The topological polar surface area (TPSA) is 44.7 Å². The molecule has 1 atom stereocenters. The Morgan fingerprint density at radius 1 is 1.41 bits per heavy atom. The van der Waals surface area contributed by atoms with Gasteiger partial charge in [0.2, 0.25) is 0 Å². The number of hydrogen-bond acceptors (Lipinski definition) is 3. The summed E-state index contributed by atoms with van der Waals surface area (Å²) in [6, 6.07) is 7.86. The van der Waals surface area contributed by atoms with Gasteiger partial charge in [-0.2, -0.15) is 10.1 Å². The molecule has 0 radical (unpaired) electrons. The first-order chi connectivity index (χ1) is 8.27. The van der Waals surface area contributed by atoms with Gasteiger partial charge in [0, 0.05) is 6.54 Å². The first kappa shape index (κ1) is 10.5. The van der Waals surface area contributed by atoms with Crippen molar-refractivity contribution in [1.29, 1.82) is 0 Å². The molecular formula is C13H15N3O. The predicted molar refractivity (Wildman–Crippen MR) is 67.1 cm³/mol. The number of nitrogens with zero attached hydrogens (tertiary/aromatic N) is 2. The Morgan fingerprint density at radius 2 is 2.24 bits per heavy atom. The van der Waals surface area contributed by atoms with Crippen molar-refractivity contribution in [2.75, 3.05) is 18.1 Å². The maximum atomic E-state index is 12.3. The van der Waals surface area contributed by atoms with E-state index in [4.69, 9.17) is 0 Å². The number of para-hydroxylation sites is 1. The van der Waals surface area contributed by atoms with E-state index in [0.29, 0.717) is 0 Å². The molecule has 1 saturated heterocycles. The fourth-order valence-corrected chi connectivity index (χ4v) is 2.42. The minimum atomic E-state index is -0.00384. The molecule has 0 aromatic heterocycles. The fraction of sp³-hybridized carbons (Fsp3) is 0.385. The molecule has 88 valence electrons. The Kier molecular flexibility index (Phi) is 2.44. The van der Waals surface area contributed by atoms with Gasteiger partial charge in [-0.05, 0) is 31.5 Å². The van der Waals surface area contributed by atoms with Gasteiger partial charge in [0.15, 0.2) is 0 Å². The lowest BCUT2D eigenvalue weighted by atomic mass is 9.96. The Labute approximate surface area is 100 Å². The first-order valence-electron chi connectivity index (χ1n) is 5.95. The van der Waals surface area contributed by atoms with Crippen LogP contribution in [0.3, 0.4) is 0 Å². The largest absolute Gasteiger partial charge is 0.311 e. The molecule has 0 saturated carbocycles. The van der Waals surface area contributed by atoms with Crippen LogP contribution in [0.15, 0.2) is 29.4 Å². The summed E-state index contributed by atoms with van der Waals surface area (Å²) in [7, 11) is 0. The third-order valence-corrected chi connectivity index (χ3v) is 3.40. The molecule has 4 nitrogen and oxygen atoms in total. The number of benzene rings is 1. The van der Waals surface area contributed by atoms with Gasteiger partial charge in [-0.25, -0.2) is 0 Å². The van der Waals surface area contributed by atoms with Crippen LogP contribution in [0.5, 0.6) is 0 Å². The molecule has 3 rings (SSSR count). The fourth-order valence-electron chi connectivity index (χ4n) is 2.42. The zero-order valence-corrected chi connectivity index (χ0v) is 9.81. The average Bonchev–Trinajstić information content (AvgIpc) is 2.68. The van der Waals surface area contributed by atoms with E-state index in [2.05, 4.69) is 10.4 Å². The van der Waals surface area contributed by atoms with E-state index in [1.807, 2.05) is 31.2 Å². The molecular weight excluding hydrogens is 214 g/mol. The maximum Gasteiger partial charge on any atom is 0.256 e. The Balaban J connectivity index is 1.98. The second-order valence-corrected chi connectivity index (χ2v) is 4.55. The number of piperidine rings is 1. The van der Waals surface area contributed by atoms with Crippen LogP contribution in [0.25, 0.3) is 0 Å². The molecule has 2 aliphatic heterocycles. The molecule has 0 spiro atoms. The van der Waals surface area contributed by atoms with Crippen LogP contribution in [0.4, 0.5) is 5.69 Å². The number of hydrazone groups is 1. The van der Waals surface area contributed by atoms with Crippen molar-refractivity contribution >= 4 is 17.3 Å². The van der Waals surface area contributed by atoms with Gasteiger partial charge in [-0.15, -0.1) is 0 Å². The number of aryl methyl sites for hydroxylation is 1. The summed E-state index contributed by atoms with van der Waals surface area (Å²) in [4.78, 5) is 12.3. The molecule has 0 bridgehead atoms. The number of nitrogens with one attached hydrogen (secondary N) is 1. The monoisotopic (exact) mass is 229 g/mol. The van der Waals surface area contributed by atoms with Crippen LogP contribution in [-0.4, -0.2) is 24.7 Å².